The Morgan fingerprint density at radius 2 is 1.58 bits per heavy atom. The molecule has 0 N–H and O–H groups in total. The molecule has 2 bridgehead atoms. The van der Waals surface area contributed by atoms with E-state index in [4.69, 9.17) is 9.47 Å². The Kier molecular flexibility index (Phi) is 1.10. The second-order valence-corrected chi connectivity index (χ2v) is 3.70. The van der Waals surface area contributed by atoms with Crippen molar-refractivity contribution >= 4 is 6.16 Å². The van der Waals surface area contributed by atoms with Crippen molar-refractivity contribution in [3.05, 3.63) is 12.2 Å². The predicted molar refractivity (Wildman–Crippen MR) is 40.5 cm³/mol. The zero-order valence-electron chi connectivity index (χ0n) is 6.60. The van der Waals surface area contributed by atoms with Crippen LogP contribution in [0.3, 0.4) is 0 Å². The molecule has 4 rings (SSSR count). The lowest BCUT2D eigenvalue weighted by Gasteiger charge is -2.37. The van der Waals surface area contributed by atoms with Gasteiger partial charge in [0.15, 0.2) is 0 Å². The van der Waals surface area contributed by atoms with Gasteiger partial charge in [0.05, 0.1) is 0 Å². The van der Waals surface area contributed by atoms with Gasteiger partial charge in [0, 0.05) is 11.8 Å². The SMILES string of the molecule is O=C1O[C@@H]2[C@@H](O1)[C@H]1C=C[C@H]2CC1. The van der Waals surface area contributed by atoms with Gasteiger partial charge in [0.25, 0.3) is 0 Å². The molecular weight excluding hydrogens is 156 g/mol. The summed E-state index contributed by atoms with van der Waals surface area (Å²) >= 11 is 0. The van der Waals surface area contributed by atoms with Crippen LogP contribution in [0.2, 0.25) is 0 Å². The van der Waals surface area contributed by atoms with Gasteiger partial charge < -0.3 is 9.47 Å². The molecule has 1 heterocycles. The highest BCUT2D eigenvalue weighted by Crippen LogP contribution is 2.42. The molecule has 3 heteroatoms. The number of fused-ring (bicyclic) bond motifs is 1. The fraction of sp³-hybridized carbons (Fsp3) is 0.667. The second-order valence-electron chi connectivity index (χ2n) is 3.70. The van der Waals surface area contributed by atoms with E-state index in [1.165, 1.54) is 0 Å². The molecule has 0 aromatic carbocycles. The minimum atomic E-state index is -0.481. The summed E-state index contributed by atoms with van der Waals surface area (Å²) < 4.78 is 10.2. The van der Waals surface area contributed by atoms with Crippen LogP contribution in [0.1, 0.15) is 12.8 Å². The maximum atomic E-state index is 10.9. The molecule has 0 amide bonds. The molecule has 0 spiro atoms. The zero-order chi connectivity index (χ0) is 8.13. The van der Waals surface area contributed by atoms with Gasteiger partial charge in [-0.05, 0) is 12.8 Å². The molecule has 0 aromatic rings. The molecular formula is C9H10O3. The highest BCUT2D eigenvalue weighted by molar-refractivity contribution is 5.63. The number of rotatable bonds is 0. The number of carbonyl (C=O) groups is 1. The first-order valence-corrected chi connectivity index (χ1v) is 4.40. The fourth-order valence-electron chi connectivity index (χ4n) is 2.46. The van der Waals surface area contributed by atoms with Crippen LogP contribution in [0.4, 0.5) is 4.79 Å². The highest BCUT2D eigenvalue weighted by Gasteiger charge is 2.49. The first-order chi connectivity index (χ1) is 5.84. The maximum absolute atomic E-state index is 10.9. The van der Waals surface area contributed by atoms with E-state index in [-0.39, 0.29) is 12.2 Å². The summed E-state index contributed by atoms with van der Waals surface area (Å²) in [5.74, 6) is 0.817. The molecule has 1 saturated carbocycles. The molecule has 2 fully saturated rings. The Hall–Kier alpha value is -0.990. The highest BCUT2D eigenvalue weighted by atomic mass is 16.8. The van der Waals surface area contributed by atoms with Crippen molar-refractivity contribution in [1.82, 2.24) is 0 Å². The van der Waals surface area contributed by atoms with Crippen LogP contribution in [0.25, 0.3) is 0 Å². The summed E-state index contributed by atoms with van der Waals surface area (Å²) in [6, 6.07) is 0. The molecule has 4 aliphatic rings. The quantitative estimate of drug-likeness (QED) is 0.404. The van der Waals surface area contributed by atoms with Gasteiger partial charge >= 0.3 is 6.16 Å². The summed E-state index contributed by atoms with van der Waals surface area (Å²) in [7, 11) is 0. The third kappa shape index (κ3) is 0.687. The standard InChI is InChI=1S/C9H10O3/c10-9-11-7-5-1-2-6(4-3-5)8(7)12-9/h1-2,5-8H,3-4H2/t5-,6-,7-,8-/m0/s1. The van der Waals surface area contributed by atoms with E-state index >= 15 is 0 Å². The van der Waals surface area contributed by atoms with Crippen LogP contribution in [0.5, 0.6) is 0 Å². The smallest absolute Gasteiger partial charge is 0.426 e. The molecule has 3 nitrogen and oxygen atoms in total. The average molecular weight is 166 g/mol. The summed E-state index contributed by atoms with van der Waals surface area (Å²) in [4.78, 5) is 10.9. The Morgan fingerprint density at radius 3 is 2.00 bits per heavy atom. The Bertz CT molecular complexity index is 234. The van der Waals surface area contributed by atoms with Crippen LogP contribution >= 0.6 is 0 Å². The van der Waals surface area contributed by atoms with E-state index in [1.54, 1.807) is 0 Å². The Balaban J connectivity index is 1.97. The largest absolute Gasteiger partial charge is 0.509 e. The summed E-state index contributed by atoms with van der Waals surface area (Å²) in [5, 5.41) is 0. The van der Waals surface area contributed by atoms with Gasteiger partial charge in [-0.2, -0.15) is 0 Å². The van der Waals surface area contributed by atoms with Gasteiger partial charge in [-0.1, -0.05) is 12.2 Å². The molecule has 3 aliphatic carbocycles. The van der Waals surface area contributed by atoms with E-state index in [0.29, 0.717) is 11.8 Å². The van der Waals surface area contributed by atoms with Crippen molar-refractivity contribution in [1.29, 1.82) is 0 Å². The normalized spacial score (nSPS) is 48.5. The van der Waals surface area contributed by atoms with Gasteiger partial charge in [-0.25, -0.2) is 4.79 Å². The van der Waals surface area contributed by atoms with E-state index in [2.05, 4.69) is 12.2 Å². The second kappa shape index (κ2) is 2.03. The molecule has 1 saturated heterocycles. The van der Waals surface area contributed by atoms with Crippen LogP contribution in [0, 0.1) is 11.8 Å². The number of hydrogen-bond acceptors (Lipinski definition) is 3. The summed E-state index contributed by atoms with van der Waals surface area (Å²) in [5.41, 5.74) is 0. The molecule has 4 atom stereocenters. The Labute approximate surface area is 70.3 Å². The van der Waals surface area contributed by atoms with Crippen molar-refractivity contribution in [2.75, 3.05) is 0 Å². The van der Waals surface area contributed by atoms with Gasteiger partial charge in [-0.15, -0.1) is 0 Å². The Morgan fingerprint density at radius 1 is 1.08 bits per heavy atom. The van der Waals surface area contributed by atoms with Crippen molar-refractivity contribution in [3.8, 4) is 0 Å². The van der Waals surface area contributed by atoms with Crippen molar-refractivity contribution in [3.63, 3.8) is 0 Å². The van der Waals surface area contributed by atoms with E-state index < -0.39 is 6.16 Å². The number of ether oxygens (including phenoxy) is 2. The topological polar surface area (TPSA) is 35.5 Å². The van der Waals surface area contributed by atoms with Crippen LogP contribution in [-0.2, 0) is 9.47 Å². The van der Waals surface area contributed by atoms with Crippen molar-refractivity contribution in [2.45, 2.75) is 25.0 Å². The minimum absolute atomic E-state index is 0.0150. The molecule has 0 unspecified atom stereocenters. The van der Waals surface area contributed by atoms with E-state index in [1.807, 2.05) is 0 Å². The first kappa shape index (κ1) is 6.52. The van der Waals surface area contributed by atoms with Crippen LogP contribution in [-0.4, -0.2) is 18.4 Å². The number of carbonyl (C=O) groups excluding carboxylic acids is 1. The molecule has 1 aliphatic heterocycles. The molecule has 12 heavy (non-hydrogen) atoms. The average Bonchev–Trinajstić information content (AvgIpc) is 2.49. The third-order valence-electron chi connectivity index (χ3n) is 3.07. The minimum Gasteiger partial charge on any atom is -0.426 e. The van der Waals surface area contributed by atoms with Crippen LogP contribution in [0.15, 0.2) is 12.2 Å². The predicted octanol–water partition coefficient (Wildman–Crippen LogP) is 1.49. The fourth-order valence-corrected chi connectivity index (χ4v) is 2.46. The van der Waals surface area contributed by atoms with Gasteiger partial charge in [0.2, 0.25) is 0 Å². The zero-order valence-corrected chi connectivity index (χ0v) is 6.60. The lowest BCUT2D eigenvalue weighted by atomic mass is 9.72. The van der Waals surface area contributed by atoms with Crippen molar-refractivity contribution < 1.29 is 14.3 Å². The van der Waals surface area contributed by atoms with Crippen molar-refractivity contribution in [2.24, 2.45) is 11.8 Å². The van der Waals surface area contributed by atoms with Crippen LogP contribution < -0.4 is 0 Å². The first-order valence-electron chi connectivity index (χ1n) is 4.40. The summed E-state index contributed by atoms with van der Waals surface area (Å²) in [6.07, 6.45) is 6.15. The van der Waals surface area contributed by atoms with Gasteiger partial charge in [0.1, 0.15) is 12.2 Å². The van der Waals surface area contributed by atoms with E-state index in [0.717, 1.165) is 12.8 Å². The lowest BCUT2D eigenvalue weighted by Crippen LogP contribution is -2.42. The third-order valence-corrected chi connectivity index (χ3v) is 3.07. The molecule has 0 aromatic heterocycles. The van der Waals surface area contributed by atoms with E-state index in [9.17, 15) is 4.79 Å². The number of hydrogen-bond donors (Lipinski definition) is 0. The lowest BCUT2D eigenvalue weighted by molar-refractivity contribution is 0.0383. The maximum Gasteiger partial charge on any atom is 0.509 e. The molecule has 0 radical (unpaired) electrons. The monoisotopic (exact) mass is 166 g/mol. The summed E-state index contributed by atoms with van der Waals surface area (Å²) in [6.45, 7) is 0. The molecule has 64 valence electrons. The van der Waals surface area contributed by atoms with Gasteiger partial charge in [-0.3, -0.25) is 0 Å².